The molecule has 0 bridgehead atoms. The van der Waals surface area contributed by atoms with Crippen molar-refractivity contribution in [2.24, 2.45) is 0 Å². The van der Waals surface area contributed by atoms with Gasteiger partial charge in [0.15, 0.2) is 0 Å². The Kier molecular flexibility index (Phi) is 4.71. The molecule has 1 amide bonds. The molecule has 1 saturated heterocycles. The quantitative estimate of drug-likeness (QED) is 0.837. The molecule has 0 radical (unpaired) electrons. The molecule has 0 aromatic rings. The Morgan fingerprint density at radius 2 is 1.68 bits per heavy atom. The molecule has 1 heterocycles. The monoisotopic (exact) mass is 268 g/mol. The lowest BCUT2D eigenvalue weighted by atomic mass is 9.92. The Hall–Kier alpha value is -0.770. The van der Waals surface area contributed by atoms with Crippen molar-refractivity contribution >= 4 is 6.09 Å². The summed E-state index contributed by atoms with van der Waals surface area (Å²) < 4.78 is 5.51. The lowest BCUT2D eigenvalue weighted by Crippen LogP contribution is -2.44. The van der Waals surface area contributed by atoms with Crippen LogP contribution in [0.2, 0.25) is 0 Å². The predicted molar refractivity (Wildman–Crippen MR) is 76.2 cm³/mol. The summed E-state index contributed by atoms with van der Waals surface area (Å²) in [4.78, 5) is 14.3. The Bertz CT molecular complexity index is 298. The molecule has 0 spiro atoms. The van der Waals surface area contributed by atoms with Gasteiger partial charge in [-0.3, -0.25) is 0 Å². The van der Waals surface area contributed by atoms with Crippen LogP contribution in [0.4, 0.5) is 4.79 Å². The molecule has 1 N–H and O–H groups in total. The molecule has 4 heteroatoms. The van der Waals surface area contributed by atoms with Gasteiger partial charge in [0.25, 0.3) is 0 Å². The number of nitrogens with one attached hydrogen (secondary N) is 1. The number of nitrogens with zero attached hydrogens (tertiary/aromatic N) is 1. The minimum atomic E-state index is -0.267. The van der Waals surface area contributed by atoms with E-state index >= 15 is 0 Å². The molecule has 4 nitrogen and oxygen atoms in total. The van der Waals surface area contributed by atoms with Gasteiger partial charge in [-0.1, -0.05) is 0 Å². The van der Waals surface area contributed by atoms with E-state index < -0.39 is 0 Å². The standard InChI is InChI=1S/C15H28N2O2/c1-15(2,3)16-14(18)19-13-8-6-12(7-9-13)17-10-4-5-11-17/h12-13H,4-11H2,1-3H3,(H,16,18). The maximum absolute atomic E-state index is 11.7. The van der Waals surface area contributed by atoms with Crippen LogP contribution in [0, 0.1) is 0 Å². The third-order valence-corrected chi connectivity index (χ3v) is 4.05. The summed E-state index contributed by atoms with van der Waals surface area (Å²) in [7, 11) is 0. The molecule has 0 aromatic heterocycles. The van der Waals surface area contributed by atoms with E-state index in [1.165, 1.54) is 38.8 Å². The van der Waals surface area contributed by atoms with Crippen LogP contribution in [-0.2, 0) is 4.74 Å². The lowest BCUT2D eigenvalue weighted by molar-refractivity contribution is 0.0491. The smallest absolute Gasteiger partial charge is 0.407 e. The minimum absolute atomic E-state index is 0.112. The molecular weight excluding hydrogens is 240 g/mol. The molecule has 1 aliphatic heterocycles. The average molecular weight is 268 g/mol. The van der Waals surface area contributed by atoms with Crippen molar-refractivity contribution < 1.29 is 9.53 Å². The van der Waals surface area contributed by atoms with E-state index in [-0.39, 0.29) is 17.7 Å². The summed E-state index contributed by atoms with van der Waals surface area (Å²) in [6.07, 6.45) is 6.92. The van der Waals surface area contributed by atoms with Gasteiger partial charge < -0.3 is 15.0 Å². The number of likely N-dealkylation sites (tertiary alicyclic amines) is 1. The Morgan fingerprint density at radius 1 is 1.11 bits per heavy atom. The van der Waals surface area contributed by atoms with E-state index in [4.69, 9.17) is 4.74 Å². The molecule has 19 heavy (non-hydrogen) atoms. The van der Waals surface area contributed by atoms with Crippen molar-refractivity contribution in [3.63, 3.8) is 0 Å². The highest BCUT2D eigenvalue weighted by atomic mass is 16.6. The van der Waals surface area contributed by atoms with Gasteiger partial charge in [0.2, 0.25) is 0 Å². The molecule has 1 aliphatic carbocycles. The Labute approximate surface area is 116 Å². The Morgan fingerprint density at radius 3 is 2.21 bits per heavy atom. The first-order valence-electron chi connectivity index (χ1n) is 7.67. The van der Waals surface area contributed by atoms with Gasteiger partial charge >= 0.3 is 6.09 Å². The second kappa shape index (κ2) is 6.12. The number of hydrogen-bond acceptors (Lipinski definition) is 3. The highest BCUT2D eigenvalue weighted by molar-refractivity contribution is 5.68. The second-order valence-electron chi connectivity index (χ2n) is 6.95. The molecule has 0 atom stereocenters. The van der Waals surface area contributed by atoms with Crippen molar-refractivity contribution in [2.75, 3.05) is 13.1 Å². The minimum Gasteiger partial charge on any atom is -0.446 e. The first-order valence-corrected chi connectivity index (χ1v) is 7.67. The van der Waals surface area contributed by atoms with Crippen LogP contribution < -0.4 is 5.32 Å². The molecule has 2 rings (SSSR count). The number of alkyl carbamates (subject to hydrolysis) is 1. The highest BCUT2D eigenvalue weighted by Crippen LogP contribution is 2.27. The fourth-order valence-electron chi connectivity index (χ4n) is 3.12. The SMILES string of the molecule is CC(C)(C)NC(=O)OC1CCC(N2CCCC2)CC1. The van der Waals surface area contributed by atoms with Crippen LogP contribution in [0.1, 0.15) is 59.3 Å². The Balaban J connectivity index is 1.69. The number of ether oxygens (including phenoxy) is 1. The largest absolute Gasteiger partial charge is 0.446 e. The maximum atomic E-state index is 11.7. The number of carbonyl (C=O) groups is 1. The number of rotatable bonds is 2. The van der Waals surface area contributed by atoms with Gasteiger partial charge in [-0.2, -0.15) is 0 Å². The van der Waals surface area contributed by atoms with E-state index in [0.717, 1.165) is 18.9 Å². The van der Waals surface area contributed by atoms with Crippen LogP contribution in [0.15, 0.2) is 0 Å². The van der Waals surface area contributed by atoms with Crippen LogP contribution >= 0.6 is 0 Å². The van der Waals surface area contributed by atoms with Crippen molar-refractivity contribution in [2.45, 2.75) is 77.0 Å². The van der Waals surface area contributed by atoms with Crippen molar-refractivity contribution in [1.29, 1.82) is 0 Å². The first-order chi connectivity index (χ1) is 8.94. The zero-order valence-corrected chi connectivity index (χ0v) is 12.6. The van der Waals surface area contributed by atoms with Gasteiger partial charge in [-0.05, 0) is 72.4 Å². The van der Waals surface area contributed by atoms with Gasteiger partial charge in [-0.25, -0.2) is 4.79 Å². The second-order valence-corrected chi connectivity index (χ2v) is 6.95. The highest BCUT2D eigenvalue weighted by Gasteiger charge is 2.29. The van der Waals surface area contributed by atoms with Gasteiger partial charge in [0.1, 0.15) is 6.10 Å². The third-order valence-electron chi connectivity index (χ3n) is 4.05. The molecular formula is C15H28N2O2. The van der Waals surface area contributed by atoms with E-state index in [1.54, 1.807) is 0 Å². The normalized spacial score (nSPS) is 29.2. The summed E-state index contributed by atoms with van der Waals surface area (Å²) >= 11 is 0. The predicted octanol–water partition coefficient (Wildman–Crippen LogP) is 2.92. The summed E-state index contributed by atoms with van der Waals surface area (Å²) in [5.74, 6) is 0. The number of hydrogen-bond donors (Lipinski definition) is 1. The van der Waals surface area contributed by atoms with E-state index in [1.807, 2.05) is 20.8 Å². The van der Waals surface area contributed by atoms with Crippen molar-refractivity contribution in [1.82, 2.24) is 10.2 Å². The van der Waals surface area contributed by atoms with Gasteiger partial charge in [0, 0.05) is 11.6 Å². The first kappa shape index (κ1) is 14.6. The molecule has 2 fully saturated rings. The number of amides is 1. The third kappa shape index (κ3) is 4.68. The fourth-order valence-corrected chi connectivity index (χ4v) is 3.12. The van der Waals surface area contributed by atoms with E-state index in [2.05, 4.69) is 10.2 Å². The van der Waals surface area contributed by atoms with Crippen LogP contribution in [0.25, 0.3) is 0 Å². The molecule has 2 aliphatic rings. The van der Waals surface area contributed by atoms with Crippen LogP contribution in [-0.4, -0.2) is 41.8 Å². The molecule has 0 aromatic carbocycles. The van der Waals surface area contributed by atoms with Crippen molar-refractivity contribution in [3.8, 4) is 0 Å². The number of carbonyl (C=O) groups excluding carboxylic acids is 1. The van der Waals surface area contributed by atoms with Crippen LogP contribution in [0.5, 0.6) is 0 Å². The zero-order chi connectivity index (χ0) is 13.9. The van der Waals surface area contributed by atoms with Gasteiger partial charge in [0.05, 0.1) is 0 Å². The summed E-state index contributed by atoms with van der Waals surface area (Å²) in [6, 6.07) is 0.730. The van der Waals surface area contributed by atoms with Crippen molar-refractivity contribution in [3.05, 3.63) is 0 Å². The zero-order valence-electron chi connectivity index (χ0n) is 12.6. The lowest BCUT2D eigenvalue weighted by Gasteiger charge is -2.34. The summed E-state index contributed by atoms with van der Waals surface area (Å²) in [5, 5.41) is 2.86. The fraction of sp³-hybridized carbons (Fsp3) is 0.933. The summed E-state index contributed by atoms with van der Waals surface area (Å²) in [6.45, 7) is 8.44. The van der Waals surface area contributed by atoms with E-state index in [0.29, 0.717) is 0 Å². The maximum Gasteiger partial charge on any atom is 0.407 e. The topological polar surface area (TPSA) is 41.6 Å². The summed E-state index contributed by atoms with van der Waals surface area (Å²) in [5.41, 5.74) is -0.218. The van der Waals surface area contributed by atoms with Gasteiger partial charge in [-0.15, -0.1) is 0 Å². The molecule has 110 valence electrons. The van der Waals surface area contributed by atoms with Crippen LogP contribution in [0.3, 0.4) is 0 Å². The van der Waals surface area contributed by atoms with E-state index in [9.17, 15) is 4.79 Å². The molecule has 1 saturated carbocycles. The average Bonchev–Trinajstić information content (AvgIpc) is 2.80. The molecule has 0 unspecified atom stereocenters.